The molecule has 0 saturated carbocycles. The summed E-state index contributed by atoms with van der Waals surface area (Å²) in [5, 5.41) is 9.90. The predicted molar refractivity (Wildman–Crippen MR) is 61.4 cm³/mol. The third-order valence-corrected chi connectivity index (χ3v) is 2.99. The molecule has 0 aliphatic rings. The summed E-state index contributed by atoms with van der Waals surface area (Å²) in [7, 11) is 3.26. The van der Waals surface area contributed by atoms with E-state index in [1.807, 2.05) is 0 Å². The van der Waals surface area contributed by atoms with Crippen molar-refractivity contribution < 1.29 is 14.6 Å². The van der Waals surface area contributed by atoms with Crippen LogP contribution in [-0.4, -0.2) is 22.8 Å². The summed E-state index contributed by atoms with van der Waals surface area (Å²) in [5.41, 5.74) is 0.876. The van der Waals surface area contributed by atoms with Gasteiger partial charge in [-0.15, -0.1) is 0 Å². The highest BCUT2D eigenvalue weighted by atomic mass is 35.5. The molecule has 2 aromatic rings. The van der Waals surface area contributed by atoms with Crippen LogP contribution in [0.3, 0.4) is 0 Å². The molecule has 84 valence electrons. The van der Waals surface area contributed by atoms with E-state index in [1.165, 1.54) is 7.11 Å². The fraction of sp³-hybridized carbons (Fsp3) is 0.182. The second-order valence-corrected chi connectivity index (χ2v) is 3.77. The van der Waals surface area contributed by atoms with E-state index < -0.39 is 5.97 Å². The standard InChI is InChI=1S/C11H10ClNO3/c1-13-8-4-3-6(16-2)5-7(8)9(10(13)12)11(14)15/h3-5H,1-2H3,(H,14,15). The van der Waals surface area contributed by atoms with Crippen molar-refractivity contribution >= 4 is 28.5 Å². The summed E-state index contributed by atoms with van der Waals surface area (Å²) in [4.78, 5) is 11.1. The van der Waals surface area contributed by atoms with Crippen molar-refractivity contribution in [2.24, 2.45) is 7.05 Å². The van der Waals surface area contributed by atoms with Gasteiger partial charge in [-0.25, -0.2) is 4.79 Å². The smallest absolute Gasteiger partial charge is 0.339 e. The van der Waals surface area contributed by atoms with Gasteiger partial charge in [0.2, 0.25) is 0 Å². The molecule has 0 atom stereocenters. The van der Waals surface area contributed by atoms with Crippen LogP contribution in [0.5, 0.6) is 5.75 Å². The zero-order valence-corrected chi connectivity index (χ0v) is 9.58. The lowest BCUT2D eigenvalue weighted by Gasteiger charge is -2.00. The van der Waals surface area contributed by atoms with Crippen molar-refractivity contribution in [2.45, 2.75) is 0 Å². The monoisotopic (exact) mass is 239 g/mol. The minimum atomic E-state index is -1.04. The van der Waals surface area contributed by atoms with Crippen molar-refractivity contribution in [2.75, 3.05) is 7.11 Å². The predicted octanol–water partition coefficient (Wildman–Crippen LogP) is 2.54. The Hall–Kier alpha value is -1.68. The molecule has 0 amide bonds. The third kappa shape index (κ3) is 1.42. The number of methoxy groups -OCH3 is 1. The minimum Gasteiger partial charge on any atom is -0.497 e. The Morgan fingerprint density at radius 1 is 1.50 bits per heavy atom. The molecule has 0 aliphatic carbocycles. The van der Waals surface area contributed by atoms with Gasteiger partial charge in [-0.2, -0.15) is 0 Å². The Labute approximate surface area is 97.0 Å². The van der Waals surface area contributed by atoms with Crippen molar-refractivity contribution in [1.29, 1.82) is 0 Å². The number of benzene rings is 1. The summed E-state index contributed by atoms with van der Waals surface area (Å²) in [6.07, 6.45) is 0. The maximum Gasteiger partial charge on any atom is 0.339 e. The number of hydrogen-bond acceptors (Lipinski definition) is 2. The molecule has 2 rings (SSSR count). The van der Waals surface area contributed by atoms with Gasteiger partial charge in [0.1, 0.15) is 16.5 Å². The van der Waals surface area contributed by atoms with Crippen LogP contribution >= 0.6 is 11.6 Å². The first-order chi connectivity index (χ1) is 7.56. The fourth-order valence-electron chi connectivity index (χ4n) is 1.72. The molecule has 5 heteroatoms. The lowest BCUT2D eigenvalue weighted by molar-refractivity contribution is 0.0699. The molecule has 0 bridgehead atoms. The number of carboxylic acids is 1. The van der Waals surface area contributed by atoms with Crippen molar-refractivity contribution in [3.05, 3.63) is 28.9 Å². The van der Waals surface area contributed by atoms with Crippen LogP contribution in [0.2, 0.25) is 5.15 Å². The van der Waals surface area contributed by atoms with Crippen molar-refractivity contribution in [3.8, 4) is 5.75 Å². The van der Waals surface area contributed by atoms with Crippen LogP contribution in [0.15, 0.2) is 18.2 Å². The van der Waals surface area contributed by atoms with E-state index >= 15 is 0 Å². The molecule has 4 nitrogen and oxygen atoms in total. The number of carbonyl (C=O) groups is 1. The number of fused-ring (bicyclic) bond motifs is 1. The van der Waals surface area contributed by atoms with Gasteiger partial charge >= 0.3 is 5.97 Å². The van der Waals surface area contributed by atoms with Gasteiger partial charge in [-0.3, -0.25) is 0 Å². The molecule has 0 saturated heterocycles. The van der Waals surface area contributed by atoms with E-state index in [-0.39, 0.29) is 10.7 Å². The molecule has 0 unspecified atom stereocenters. The van der Waals surface area contributed by atoms with Crippen LogP contribution in [0.1, 0.15) is 10.4 Å². The molecular weight excluding hydrogens is 230 g/mol. The first kappa shape index (κ1) is 10.8. The molecule has 1 aromatic heterocycles. The quantitative estimate of drug-likeness (QED) is 0.876. The number of aromatic carboxylic acids is 1. The average Bonchev–Trinajstić information content (AvgIpc) is 2.51. The summed E-state index contributed by atoms with van der Waals surface area (Å²) in [6.45, 7) is 0. The number of carboxylic acid groups (broad SMARTS) is 1. The van der Waals surface area contributed by atoms with E-state index in [9.17, 15) is 4.79 Å². The lowest BCUT2D eigenvalue weighted by atomic mass is 10.1. The summed E-state index contributed by atoms with van der Waals surface area (Å²) in [5.74, 6) is -0.430. The fourth-order valence-corrected chi connectivity index (χ4v) is 2.00. The average molecular weight is 240 g/mol. The summed E-state index contributed by atoms with van der Waals surface area (Å²) < 4.78 is 6.70. The Kier molecular flexibility index (Phi) is 2.52. The number of nitrogens with zero attached hydrogens (tertiary/aromatic N) is 1. The Morgan fingerprint density at radius 2 is 2.19 bits per heavy atom. The highest BCUT2D eigenvalue weighted by Gasteiger charge is 2.19. The molecule has 1 heterocycles. The molecule has 0 radical (unpaired) electrons. The number of ether oxygens (including phenoxy) is 1. The number of halogens is 1. The first-order valence-corrected chi connectivity index (χ1v) is 4.99. The Balaban J connectivity index is 2.86. The van der Waals surface area contributed by atoms with Crippen LogP contribution in [0.4, 0.5) is 0 Å². The van der Waals surface area contributed by atoms with Crippen molar-refractivity contribution in [1.82, 2.24) is 4.57 Å². The molecule has 0 fully saturated rings. The Bertz CT molecular complexity index is 574. The van der Waals surface area contributed by atoms with E-state index in [0.717, 1.165) is 5.52 Å². The Morgan fingerprint density at radius 3 is 2.75 bits per heavy atom. The lowest BCUT2D eigenvalue weighted by Crippen LogP contribution is -1.96. The third-order valence-electron chi connectivity index (χ3n) is 2.55. The molecular formula is C11H10ClNO3. The number of hydrogen-bond donors (Lipinski definition) is 1. The maximum atomic E-state index is 11.1. The van der Waals surface area contributed by atoms with E-state index in [4.69, 9.17) is 21.4 Å². The van der Waals surface area contributed by atoms with Crippen LogP contribution in [-0.2, 0) is 7.05 Å². The zero-order chi connectivity index (χ0) is 11.9. The van der Waals surface area contributed by atoms with Gasteiger partial charge in [0.25, 0.3) is 0 Å². The van der Waals surface area contributed by atoms with Crippen molar-refractivity contribution in [3.63, 3.8) is 0 Å². The highest BCUT2D eigenvalue weighted by molar-refractivity contribution is 6.35. The number of aryl methyl sites for hydroxylation is 1. The normalized spacial score (nSPS) is 10.7. The largest absolute Gasteiger partial charge is 0.497 e. The zero-order valence-electron chi connectivity index (χ0n) is 8.82. The second-order valence-electron chi connectivity index (χ2n) is 3.41. The maximum absolute atomic E-state index is 11.1. The van der Waals surface area contributed by atoms with Gasteiger partial charge in [0.15, 0.2) is 0 Å². The van der Waals surface area contributed by atoms with Gasteiger partial charge in [-0.05, 0) is 18.2 Å². The van der Waals surface area contributed by atoms with Gasteiger partial charge < -0.3 is 14.4 Å². The van der Waals surface area contributed by atoms with E-state index in [2.05, 4.69) is 0 Å². The van der Waals surface area contributed by atoms with E-state index in [1.54, 1.807) is 29.8 Å². The SMILES string of the molecule is COc1ccc2c(c1)c(C(=O)O)c(Cl)n2C. The highest BCUT2D eigenvalue weighted by Crippen LogP contribution is 2.31. The van der Waals surface area contributed by atoms with Gasteiger partial charge in [0, 0.05) is 12.4 Å². The molecule has 16 heavy (non-hydrogen) atoms. The molecule has 1 N–H and O–H groups in total. The van der Waals surface area contributed by atoms with Crippen LogP contribution < -0.4 is 4.74 Å². The number of rotatable bonds is 2. The summed E-state index contributed by atoms with van der Waals surface area (Å²) >= 11 is 5.97. The minimum absolute atomic E-state index is 0.109. The van der Waals surface area contributed by atoms with E-state index in [0.29, 0.717) is 11.1 Å². The molecule has 1 aromatic carbocycles. The van der Waals surface area contributed by atoms with Crippen LogP contribution in [0.25, 0.3) is 10.9 Å². The topological polar surface area (TPSA) is 51.5 Å². The summed E-state index contributed by atoms with van der Waals surface area (Å²) in [6, 6.07) is 5.22. The molecule has 0 spiro atoms. The van der Waals surface area contributed by atoms with Gasteiger partial charge in [0.05, 0.1) is 12.6 Å². The van der Waals surface area contributed by atoms with Crippen LogP contribution in [0, 0.1) is 0 Å². The number of aromatic nitrogens is 1. The first-order valence-electron chi connectivity index (χ1n) is 4.61. The van der Waals surface area contributed by atoms with Gasteiger partial charge in [-0.1, -0.05) is 11.6 Å². The second kappa shape index (κ2) is 3.72. The molecule has 0 aliphatic heterocycles.